The molecule has 0 aliphatic carbocycles. The van der Waals surface area contributed by atoms with Crippen LogP contribution in [0.15, 0.2) is 53.5 Å². The number of halogens is 2. The summed E-state index contributed by atoms with van der Waals surface area (Å²) in [6.45, 7) is 5.17. The molecule has 220 valence electrons. The summed E-state index contributed by atoms with van der Waals surface area (Å²) < 4.78 is 27.2. The van der Waals surface area contributed by atoms with Gasteiger partial charge in [0, 0.05) is 68.3 Å². The van der Waals surface area contributed by atoms with Gasteiger partial charge in [-0.05, 0) is 49.1 Å². The van der Waals surface area contributed by atoms with Gasteiger partial charge in [-0.1, -0.05) is 17.7 Å². The molecule has 0 atom stereocenters. The third-order valence-electron chi connectivity index (χ3n) is 7.61. The van der Waals surface area contributed by atoms with Gasteiger partial charge < -0.3 is 29.8 Å². The maximum atomic E-state index is 14.9. The highest BCUT2D eigenvalue weighted by molar-refractivity contribution is 6.33. The van der Waals surface area contributed by atoms with E-state index in [4.69, 9.17) is 25.9 Å². The highest BCUT2D eigenvalue weighted by Crippen LogP contribution is 2.33. The van der Waals surface area contributed by atoms with E-state index in [1.807, 2.05) is 18.2 Å². The lowest BCUT2D eigenvalue weighted by atomic mass is 10.0. The third kappa shape index (κ3) is 5.85. The molecule has 2 aliphatic heterocycles. The molecule has 42 heavy (non-hydrogen) atoms. The van der Waals surface area contributed by atoms with Crippen LogP contribution >= 0.6 is 11.6 Å². The summed E-state index contributed by atoms with van der Waals surface area (Å²) in [5.41, 5.74) is 1.50. The van der Waals surface area contributed by atoms with Crippen LogP contribution in [0.25, 0.3) is 22.2 Å². The molecule has 10 nitrogen and oxygen atoms in total. The minimum Gasteiger partial charge on any atom is -0.495 e. The van der Waals surface area contributed by atoms with Crippen molar-refractivity contribution in [2.75, 3.05) is 63.3 Å². The molecular weight excluding hydrogens is 563 g/mol. The number of nitrogens with one attached hydrogen (secondary N) is 2. The van der Waals surface area contributed by atoms with Crippen LogP contribution in [0.2, 0.25) is 5.02 Å². The van der Waals surface area contributed by atoms with Gasteiger partial charge in [0.1, 0.15) is 18.2 Å². The molecule has 12 heteroatoms. The normalized spacial score (nSPS) is 16.0. The van der Waals surface area contributed by atoms with Crippen molar-refractivity contribution < 1.29 is 18.7 Å². The Balaban J connectivity index is 1.37. The Morgan fingerprint density at radius 3 is 2.74 bits per heavy atom. The van der Waals surface area contributed by atoms with Gasteiger partial charge >= 0.3 is 0 Å². The van der Waals surface area contributed by atoms with Gasteiger partial charge in [-0.2, -0.15) is 4.98 Å². The fourth-order valence-corrected chi connectivity index (χ4v) is 5.59. The van der Waals surface area contributed by atoms with Crippen LogP contribution in [0.3, 0.4) is 0 Å². The Kier molecular flexibility index (Phi) is 8.41. The Morgan fingerprint density at radius 1 is 1.17 bits per heavy atom. The number of hydrogen-bond donors (Lipinski definition) is 2. The van der Waals surface area contributed by atoms with E-state index in [9.17, 15) is 9.18 Å². The third-order valence-corrected chi connectivity index (χ3v) is 7.92. The predicted molar refractivity (Wildman–Crippen MR) is 161 cm³/mol. The molecule has 4 aromatic rings. The number of nitrogens with zero attached hydrogens (tertiary/aromatic N) is 4. The fraction of sp³-hybridized carbons (Fsp3) is 0.367. The lowest BCUT2D eigenvalue weighted by molar-refractivity contribution is 0.0153. The lowest BCUT2D eigenvalue weighted by Gasteiger charge is -2.30. The van der Waals surface area contributed by atoms with Crippen LogP contribution in [0.5, 0.6) is 5.75 Å². The Labute approximate surface area is 247 Å². The van der Waals surface area contributed by atoms with Crippen LogP contribution in [0, 0.1) is 11.7 Å². The maximum Gasteiger partial charge on any atom is 0.293 e. The fourth-order valence-electron chi connectivity index (χ4n) is 5.33. The highest BCUT2D eigenvalue weighted by atomic mass is 35.5. The number of anilines is 3. The van der Waals surface area contributed by atoms with Gasteiger partial charge in [-0.25, -0.2) is 9.37 Å². The second kappa shape index (κ2) is 12.5. The van der Waals surface area contributed by atoms with Gasteiger partial charge in [0.2, 0.25) is 5.95 Å². The molecule has 2 saturated heterocycles. The predicted octanol–water partition coefficient (Wildman–Crippen LogP) is 4.27. The van der Waals surface area contributed by atoms with Crippen molar-refractivity contribution in [3.05, 3.63) is 69.9 Å². The Morgan fingerprint density at radius 2 is 1.98 bits per heavy atom. The molecule has 2 fully saturated rings. The van der Waals surface area contributed by atoms with E-state index in [2.05, 4.69) is 25.5 Å². The highest BCUT2D eigenvalue weighted by Gasteiger charge is 2.22. The van der Waals surface area contributed by atoms with Crippen molar-refractivity contribution in [1.82, 2.24) is 20.0 Å². The first-order valence-corrected chi connectivity index (χ1v) is 14.4. The van der Waals surface area contributed by atoms with Crippen LogP contribution < -0.4 is 30.7 Å². The number of hydrogen-bond acceptors (Lipinski definition) is 9. The van der Waals surface area contributed by atoms with E-state index in [1.54, 1.807) is 25.4 Å². The summed E-state index contributed by atoms with van der Waals surface area (Å²) in [5, 5.41) is 7.19. The van der Waals surface area contributed by atoms with Gasteiger partial charge in [-0.15, -0.1) is 4.73 Å². The average molecular weight is 595 g/mol. The smallest absolute Gasteiger partial charge is 0.293 e. The SMILES string of the molecule is COc1cc(Nc2ncc3cc(-c4c(F)cccc4Cl)c(=O)n(OCC4CCOCC4)c3n2)ccc1N1CCNCC1. The molecule has 2 aromatic carbocycles. The zero-order valence-corrected chi connectivity index (χ0v) is 24.0. The first-order chi connectivity index (χ1) is 20.5. The number of ether oxygens (including phenoxy) is 2. The van der Waals surface area contributed by atoms with Gasteiger partial charge in [-0.3, -0.25) is 4.79 Å². The summed E-state index contributed by atoms with van der Waals surface area (Å²) in [5.74, 6) is 0.597. The molecule has 2 N–H and O–H groups in total. The van der Waals surface area contributed by atoms with Crippen LogP contribution in [0.4, 0.5) is 21.7 Å². The zero-order valence-electron chi connectivity index (χ0n) is 23.2. The number of piperazine rings is 1. The van der Waals surface area contributed by atoms with Crippen molar-refractivity contribution in [3.63, 3.8) is 0 Å². The zero-order chi connectivity index (χ0) is 29.1. The molecular formula is C30H32ClFN6O4. The Hall–Kier alpha value is -3.93. The first kappa shape index (κ1) is 28.2. The van der Waals surface area contributed by atoms with E-state index >= 15 is 0 Å². The molecule has 0 bridgehead atoms. The van der Waals surface area contributed by atoms with E-state index in [0.29, 0.717) is 18.6 Å². The quantitative estimate of drug-likeness (QED) is 0.310. The summed E-state index contributed by atoms with van der Waals surface area (Å²) in [6.07, 6.45) is 3.21. The van der Waals surface area contributed by atoms with E-state index in [-0.39, 0.29) is 40.3 Å². The minimum absolute atomic E-state index is 0.00774. The summed E-state index contributed by atoms with van der Waals surface area (Å²) in [4.78, 5) is 31.3. The molecule has 0 radical (unpaired) electrons. The van der Waals surface area contributed by atoms with E-state index < -0.39 is 11.4 Å². The molecule has 6 rings (SSSR count). The van der Waals surface area contributed by atoms with E-state index in [0.717, 1.165) is 60.9 Å². The number of methoxy groups -OCH3 is 1. The van der Waals surface area contributed by atoms with Crippen LogP contribution in [-0.2, 0) is 4.74 Å². The largest absolute Gasteiger partial charge is 0.495 e. The Bertz CT molecular complexity index is 1620. The number of pyridine rings is 1. The second-order valence-corrected chi connectivity index (χ2v) is 10.7. The van der Waals surface area contributed by atoms with Crippen molar-refractivity contribution in [2.45, 2.75) is 12.8 Å². The number of benzene rings is 2. The van der Waals surface area contributed by atoms with Crippen LogP contribution in [0.1, 0.15) is 12.8 Å². The van der Waals surface area contributed by atoms with E-state index in [1.165, 1.54) is 12.1 Å². The number of aromatic nitrogens is 3. The van der Waals surface area contributed by atoms with Gasteiger partial charge in [0.25, 0.3) is 5.56 Å². The topological polar surface area (TPSA) is 103 Å². The standard InChI is InChI=1S/C30H32ClFN6O4/c1-40-26-16-21(5-6-25(26)37-11-9-33-10-12-37)35-30-34-17-20-15-22(27-23(31)3-2-4-24(27)32)29(39)38(28(20)36-30)42-18-19-7-13-41-14-8-19/h2-6,15-17,19,33H,7-14,18H2,1H3,(H,34,35,36). The van der Waals surface area contributed by atoms with Crippen molar-refractivity contribution in [1.29, 1.82) is 0 Å². The van der Waals surface area contributed by atoms with Crippen molar-refractivity contribution >= 4 is 40.0 Å². The van der Waals surface area contributed by atoms with Gasteiger partial charge in [0.05, 0.1) is 23.4 Å². The van der Waals surface area contributed by atoms with Crippen molar-refractivity contribution in [3.8, 4) is 16.9 Å². The minimum atomic E-state index is -0.604. The molecule has 0 unspecified atom stereocenters. The summed E-state index contributed by atoms with van der Waals surface area (Å²) >= 11 is 6.34. The first-order valence-electron chi connectivity index (χ1n) is 14.0. The molecule has 4 heterocycles. The van der Waals surface area contributed by atoms with Gasteiger partial charge in [0.15, 0.2) is 5.65 Å². The average Bonchev–Trinajstić information content (AvgIpc) is 3.02. The number of rotatable bonds is 8. The van der Waals surface area contributed by atoms with Crippen LogP contribution in [-0.4, -0.2) is 67.8 Å². The summed E-state index contributed by atoms with van der Waals surface area (Å²) in [6, 6.07) is 11.7. The molecule has 2 aromatic heterocycles. The molecule has 0 amide bonds. The molecule has 2 aliphatic rings. The van der Waals surface area contributed by atoms with Crippen molar-refractivity contribution in [2.24, 2.45) is 5.92 Å². The monoisotopic (exact) mass is 594 g/mol. The number of fused-ring (bicyclic) bond motifs is 1. The molecule has 0 spiro atoms. The maximum absolute atomic E-state index is 14.9. The molecule has 0 saturated carbocycles. The summed E-state index contributed by atoms with van der Waals surface area (Å²) in [7, 11) is 1.64. The lowest BCUT2D eigenvalue weighted by Crippen LogP contribution is -2.43. The second-order valence-electron chi connectivity index (χ2n) is 10.3.